The van der Waals surface area contributed by atoms with E-state index < -0.39 is 0 Å². The molecule has 2 N–H and O–H groups in total. The van der Waals surface area contributed by atoms with Gasteiger partial charge in [-0.25, -0.2) is 4.98 Å². The summed E-state index contributed by atoms with van der Waals surface area (Å²) in [6.45, 7) is 4.11. The van der Waals surface area contributed by atoms with Crippen LogP contribution in [0.25, 0.3) is 0 Å². The van der Waals surface area contributed by atoms with Crippen LogP contribution in [0.3, 0.4) is 0 Å². The van der Waals surface area contributed by atoms with E-state index >= 15 is 0 Å². The zero-order valence-corrected chi connectivity index (χ0v) is 11.6. The summed E-state index contributed by atoms with van der Waals surface area (Å²) in [5.74, 6) is 3.41. The molecule has 1 aliphatic heterocycles. The van der Waals surface area contributed by atoms with Crippen LogP contribution in [0.5, 0.6) is 0 Å². The standard InChI is InChI=1S/C12H17N3S2/c1-9-7-10(12(13)16)8-11(14-9)15-3-2-5-17-6-4-15/h7-8H,2-6H2,1H3,(H2,13,16). The van der Waals surface area contributed by atoms with Gasteiger partial charge in [0.2, 0.25) is 0 Å². The van der Waals surface area contributed by atoms with Crippen molar-refractivity contribution >= 4 is 34.8 Å². The van der Waals surface area contributed by atoms with Gasteiger partial charge in [0.05, 0.1) is 0 Å². The molecule has 0 saturated carbocycles. The molecule has 17 heavy (non-hydrogen) atoms. The van der Waals surface area contributed by atoms with Gasteiger partial charge in [-0.1, -0.05) is 12.2 Å². The highest BCUT2D eigenvalue weighted by molar-refractivity contribution is 7.99. The Hall–Kier alpha value is -0.810. The number of thioether (sulfide) groups is 1. The molecule has 1 aromatic rings. The lowest BCUT2D eigenvalue weighted by molar-refractivity contribution is 0.799. The fourth-order valence-corrected chi connectivity index (χ4v) is 2.94. The first-order chi connectivity index (χ1) is 8.16. The van der Waals surface area contributed by atoms with E-state index in [-0.39, 0.29) is 0 Å². The van der Waals surface area contributed by atoms with Crippen molar-refractivity contribution in [2.75, 3.05) is 29.5 Å². The van der Waals surface area contributed by atoms with Crippen LogP contribution in [0, 0.1) is 6.92 Å². The Bertz CT molecular complexity index is 412. The predicted molar refractivity (Wildman–Crippen MR) is 79.0 cm³/mol. The molecular formula is C12H17N3S2. The van der Waals surface area contributed by atoms with E-state index in [0.29, 0.717) is 4.99 Å². The summed E-state index contributed by atoms with van der Waals surface area (Å²) in [6, 6.07) is 3.95. The van der Waals surface area contributed by atoms with Crippen LogP contribution in [0.4, 0.5) is 5.82 Å². The summed E-state index contributed by atoms with van der Waals surface area (Å²) in [6.07, 6.45) is 1.21. The number of rotatable bonds is 2. The lowest BCUT2D eigenvalue weighted by atomic mass is 10.2. The second-order valence-electron chi connectivity index (χ2n) is 4.17. The van der Waals surface area contributed by atoms with Gasteiger partial charge in [0.1, 0.15) is 10.8 Å². The summed E-state index contributed by atoms with van der Waals surface area (Å²) < 4.78 is 0. The SMILES string of the molecule is Cc1cc(C(N)=S)cc(N2CCCSCC2)n1. The third-order valence-electron chi connectivity index (χ3n) is 2.77. The molecule has 0 bridgehead atoms. The zero-order valence-electron chi connectivity index (χ0n) is 9.98. The first-order valence-corrected chi connectivity index (χ1v) is 7.34. The molecule has 1 saturated heterocycles. The molecule has 92 valence electrons. The normalized spacial score (nSPS) is 16.6. The monoisotopic (exact) mass is 267 g/mol. The van der Waals surface area contributed by atoms with Crippen LogP contribution in [0.15, 0.2) is 12.1 Å². The number of thiocarbonyl (C=S) groups is 1. The maximum Gasteiger partial charge on any atom is 0.129 e. The van der Waals surface area contributed by atoms with E-state index in [9.17, 15) is 0 Å². The van der Waals surface area contributed by atoms with Crippen LogP contribution < -0.4 is 10.6 Å². The molecule has 0 aromatic carbocycles. The van der Waals surface area contributed by atoms with Crippen LogP contribution in [0.2, 0.25) is 0 Å². The molecule has 3 nitrogen and oxygen atoms in total. The topological polar surface area (TPSA) is 42.1 Å². The number of aromatic nitrogens is 1. The molecule has 0 spiro atoms. The molecule has 2 heterocycles. The minimum Gasteiger partial charge on any atom is -0.389 e. The number of hydrogen-bond acceptors (Lipinski definition) is 4. The Morgan fingerprint density at radius 2 is 2.24 bits per heavy atom. The number of aryl methyl sites for hydroxylation is 1. The number of pyridine rings is 1. The van der Waals surface area contributed by atoms with Crippen molar-refractivity contribution in [2.24, 2.45) is 5.73 Å². The van der Waals surface area contributed by atoms with Crippen LogP contribution >= 0.6 is 24.0 Å². The van der Waals surface area contributed by atoms with E-state index in [2.05, 4.69) is 9.88 Å². The molecule has 0 atom stereocenters. The van der Waals surface area contributed by atoms with Crippen LogP contribution in [-0.2, 0) is 0 Å². The molecule has 0 unspecified atom stereocenters. The second kappa shape index (κ2) is 5.69. The van der Waals surface area contributed by atoms with E-state index in [1.807, 2.05) is 30.8 Å². The number of nitrogens with two attached hydrogens (primary N) is 1. The van der Waals surface area contributed by atoms with Gasteiger partial charge in [-0.2, -0.15) is 11.8 Å². The molecule has 0 amide bonds. The second-order valence-corrected chi connectivity index (χ2v) is 5.84. The van der Waals surface area contributed by atoms with Gasteiger partial charge in [-0.05, 0) is 31.2 Å². The maximum atomic E-state index is 5.69. The van der Waals surface area contributed by atoms with E-state index in [0.717, 1.165) is 35.9 Å². The van der Waals surface area contributed by atoms with Gasteiger partial charge >= 0.3 is 0 Å². The van der Waals surface area contributed by atoms with Gasteiger partial charge in [0, 0.05) is 30.1 Å². The molecular weight excluding hydrogens is 250 g/mol. The van der Waals surface area contributed by atoms with E-state index in [1.165, 1.54) is 12.2 Å². The maximum absolute atomic E-state index is 5.69. The highest BCUT2D eigenvalue weighted by atomic mass is 32.2. The van der Waals surface area contributed by atoms with Crippen LogP contribution in [0.1, 0.15) is 17.7 Å². The fourth-order valence-electron chi connectivity index (χ4n) is 1.93. The minimum atomic E-state index is 0.445. The van der Waals surface area contributed by atoms with Crippen molar-refractivity contribution in [1.82, 2.24) is 4.98 Å². The quantitative estimate of drug-likeness (QED) is 0.830. The van der Waals surface area contributed by atoms with Gasteiger partial charge < -0.3 is 10.6 Å². The Morgan fingerprint density at radius 1 is 1.41 bits per heavy atom. The van der Waals surface area contributed by atoms with Crippen molar-refractivity contribution in [3.63, 3.8) is 0 Å². The smallest absolute Gasteiger partial charge is 0.129 e. The summed E-state index contributed by atoms with van der Waals surface area (Å²) >= 11 is 7.05. The van der Waals surface area contributed by atoms with Gasteiger partial charge in [0.25, 0.3) is 0 Å². The molecule has 0 aliphatic carbocycles. The summed E-state index contributed by atoms with van der Waals surface area (Å²) in [5, 5.41) is 0. The highest BCUT2D eigenvalue weighted by Gasteiger charge is 2.12. The van der Waals surface area contributed by atoms with Crippen LogP contribution in [-0.4, -0.2) is 34.6 Å². The first kappa shape index (κ1) is 12.6. The Balaban J connectivity index is 2.27. The third kappa shape index (κ3) is 3.33. The lowest BCUT2D eigenvalue weighted by Gasteiger charge is -2.22. The van der Waals surface area contributed by atoms with E-state index in [1.54, 1.807) is 0 Å². The van der Waals surface area contributed by atoms with Crippen molar-refractivity contribution < 1.29 is 0 Å². The summed E-state index contributed by atoms with van der Waals surface area (Å²) in [7, 11) is 0. The van der Waals surface area contributed by atoms with Crippen molar-refractivity contribution in [1.29, 1.82) is 0 Å². The zero-order chi connectivity index (χ0) is 12.3. The van der Waals surface area contributed by atoms with Gasteiger partial charge in [-0.15, -0.1) is 0 Å². The molecule has 5 heteroatoms. The Morgan fingerprint density at radius 3 is 3.00 bits per heavy atom. The lowest BCUT2D eigenvalue weighted by Crippen LogP contribution is -2.27. The molecule has 1 aromatic heterocycles. The Kier molecular flexibility index (Phi) is 4.23. The molecule has 2 rings (SSSR count). The van der Waals surface area contributed by atoms with E-state index in [4.69, 9.17) is 18.0 Å². The first-order valence-electron chi connectivity index (χ1n) is 5.78. The summed E-state index contributed by atoms with van der Waals surface area (Å²) in [5.41, 5.74) is 7.58. The highest BCUT2D eigenvalue weighted by Crippen LogP contribution is 2.19. The number of hydrogen-bond donors (Lipinski definition) is 1. The summed E-state index contributed by atoms with van der Waals surface area (Å²) in [4.78, 5) is 7.36. The fraction of sp³-hybridized carbons (Fsp3) is 0.500. The molecule has 1 fully saturated rings. The van der Waals surface area contributed by atoms with Gasteiger partial charge in [-0.3, -0.25) is 0 Å². The van der Waals surface area contributed by atoms with Crippen molar-refractivity contribution in [3.8, 4) is 0 Å². The molecule has 0 radical (unpaired) electrons. The van der Waals surface area contributed by atoms with Gasteiger partial charge in [0.15, 0.2) is 0 Å². The predicted octanol–water partition coefficient (Wildman–Crippen LogP) is 1.97. The van der Waals surface area contributed by atoms with Crippen molar-refractivity contribution in [2.45, 2.75) is 13.3 Å². The van der Waals surface area contributed by atoms with Crippen molar-refractivity contribution in [3.05, 3.63) is 23.4 Å². The Labute approximate surface area is 112 Å². The average molecular weight is 267 g/mol. The average Bonchev–Trinajstić information content (AvgIpc) is 2.56. The third-order valence-corrected chi connectivity index (χ3v) is 4.05. The molecule has 1 aliphatic rings. The number of nitrogens with zero attached hydrogens (tertiary/aromatic N) is 2. The largest absolute Gasteiger partial charge is 0.389 e. The minimum absolute atomic E-state index is 0.445. The number of anilines is 1.